The van der Waals surface area contributed by atoms with Crippen LogP contribution in [0.3, 0.4) is 0 Å². The predicted molar refractivity (Wildman–Crippen MR) is 89.7 cm³/mol. The first kappa shape index (κ1) is 14.9. The minimum atomic E-state index is 0.0704. The van der Waals surface area contributed by atoms with Crippen LogP contribution in [0.4, 0.5) is 5.82 Å². The van der Waals surface area contributed by atoms with E-state index in [0.29, 0.717) is 11.8 Å². The molecule has 1 saturated carbocycles. The molecule has 1 amide bonds. The van der Waals surface area contributed by atoms with Gasteiger partial charge < -0.3 is 10.2 Å². The molecule has 124 valence electrons. The van der Waals surface area contributed by atoms with Gasteiger partial charge >= 0.3 is 0 Å². The average molecular weight is 314 g/mol. The SMILES string of the molecule is CC(=O)NCC1CCCN(c2nc(C3CC3)nc3c2CCC3)C1. The van der Waals surface area contributed by atoms with Gasteiger partial charge in [-0.2, -0.15) is 0 Å². The summed E-state index contributed by atoms with van der Waals surface area (Å²) in [4.78, 5) is 23.5. The van der Waals surface area contributed by atoms with Gasteiger partial charge in [0.2, 0.25) is 5.91 Å². The third-order valence-corrected chi connectivity index (χ3v) is 5.33. The normalized spacial score (nSPS) is 23.7. The number of anilines is 1. The molecule has 2 heterocycles. The molecule has 1 atom stereocenters. The number of amides is 1. The maximum atomic E-state index is 11.2. The number of fused-ring (bicyclic) bond motifs is 1. The number of hydrogen-bond donors (Lipinski definition) is 1. The van der Waals surface area contributed by atoms with Crippen molar-refractivity contribution in [3.05, 3.63) is 17.1 Å². The summed E-state index contributed by atoms with van der Waals surface area (Å²) >= 11 is 0. The summed E-state index contributed by atoms with van der Waals surface area (Å²) in [6.07, 6.45) is 8.35. The van der Waals surface area contributed by atoms with Gasteiger partial charge in [0.25, 0.3) is 0 Å². The Morgan fingerprint density at radius 2 is 2.09 bits per heavy atom. The zero-order chi connectivity index (χ0) is 15.8. The van der Waals surface area contributed by atoms with E-state index in [1.807, 2.05) is 0 Å². The lowest BCUT2D eigenvalue weighted by Gasteiger charge is -2.34. The number of carbonyl (C=O) groups is 1. The van der Waals surface area contributed by atoms with E-state index in [-0.39, 0.29) is 5.91 Å². The summed E-state index contributed by atoms with van der Waals surface area (Å²) in [7, 11) is 0. The Balaban J connectivity index is 1.55. The van der Waals surface area contributed by atoms with Crippen LogP contribution in [0.2, 0.25) is 0 Å². The van der Waals surface area contributed by atoms with Crippen molar-refractivity contribution in [1.82, 2.24) is 15.3 Å². The smallest absolute Gasteiger partial charge is 0.216 e. The zero-order valence-electron chi connectivity index (χ0n) is 14.0. The Labute approximate surface area is 137 Å². The number of hydrogen-bond acceptors (Lipinski definition) is 4. The first-order chi connectivity index (χ1) is 11.2. The van der Waals surface area contributed by atoms with E-state index < -0.39 is 0 Å². The van der Waals surface area contributed by atoms with Crippen molar-refractivity contribution in [3.8, 4) is 0 Å². The van der Waals surface area contributed by atoms with Crippen LogP contribution < -0.4 is 10.2 Å². The summed E-state index contributed by atoms with van der Waals surface area (Å²) in [5.41, 5.74) is 2.70. The van der Waals surface area contributed by atoms with Gasteiger partial charge in [-0.3, -0.25) is 4.79 Å². The van der Waals surface area contributed by atoms with Crippen LogP contribution in [0.15, 0.2) is 0 Å². The molecule has 4 rings (SSSR count). The van der Waals surface area contributed by atoms with Gasteiger partial charge in [0.05, 0.1) is 0 Å². The largest absolute Gasteiger partial charge is 0.356 e. The minimum absolute atomic E-state index is 0.0704. The molecule has 2 fully saturated rings. The van der Waals surface area contributed by atoms with E-state index in [4.69, 9.17) is 9.97 Å². The highest BCUT2D eigenvalue weighted by molar-refractivity contribution is 5.72. The quantitative estimate of drug-likeness (QED) is 0.925. The summed E-state index contributed by atoms with van der Waals surface area (Å²) in [6, 6.07) is 0. The van der Waals surface area contributed by atoms with Crippen molar-refractivity contribution < 1.29 is 4.79 Å². The van der Waals surface area contributed by atoms with Gasteiger partial charge in [-0.05, 0) is 50.9 Å². The summed E-state index contributed by atoms with van der Waals surface area (Å²) < 4.78 is 0. The zero-order valence-corrected chi connectivity index (χ0v) is 14.0. The molecule has 2 aliphatic carbocycles. The maximum absolute atomic E-state index is 11.2. The fraction of sp³-hybridized carbons (Fsp3) is 0.722. The van der Waals surface area contributed by atoms with Crippen molar-refractivity contribution in [2.75, 3.05) is 24.5 Å². The van der Waals surface area contributed by atoms with Gasteiger partial charge in [-0.25, -0.2) is 9.97 Å². The van der Waals surface area contributed by atoms with Gasteiger partial charge in [-0.1, -0.05) is 0 Å². The highest BCUT2D eigenvalue weighted by Gasteiger charge is 2.32. The maximum Gasteiger partial charge on any atom is 0.216 e. The topological polar surface area (TPSA) is 58.1 Å². The molecule has 23 heavy (non-hydrogen) atoms. The Kier molecular flexibility index (Phi) is 3.95. The molecule has 0 aromatic carbocycles. The molecule has 1 saturated heterocycles. The second-order valence-electron chi connectivity index (χ2n) is 7.35. The molecule has 0 radical (unpaired) electrons. The van der Waals surface area contributed by atoms with Gasteiger partial charge in [0.15, 0.2) is 0 Å². The van der Waals surface area contributed by atoms with E-state index in [0.717, 1.165) is 38.3 Å². The number of nitrogens with zero attached hydrogens (tertiary/aromatic N) is 3. The molecule has 0 bridgehead atoms. The van der Waals surface area contributed by atoms with E-state index in [2.05, 4.69) is 10.2 Å². The first-order valence-corrected chi connectivity index (χ1v) is 9.10. The average Bonchev–Trinajstić information content (AvgIpc) is 3.30. The van der Waals surface area contributed by atoms with Crippen LogP contribution in [-0.4, -0.2) is 35.5 Å². The summed E-state index contributed by atoms with van der Waals surface area (Å²) in [5, 5.41) is 2.98. The van der Waals surface area contributed by atoms with Crippen LogP contribution in [0.25, 0.3) is 0 Å². The van der Waals surface area contributed by atoms with Crippen LogP contribution in [-0.2, 0) is 17.6 Å². The molecule has 1 aromatic rings. The first-order valence-electron chi connectivity index (χ1n) is 9.10. The summed E-state index contributed by atoms with van der Waals surface area (Å²) in [5.74, 6) is 3.51. The number of carbonyl (C=O) groups excluding carboxylic acids is 1. The molecule has 1 aromatic heterocycles. The van der Waals surface area contributed by atoms with Gasteiger partial charge in [0.1, 0.15) is 11.6 Å². The van der Waals surface area contributed by atoms with Gasteiger partial charge in [-0.15, -0.1) is 0 Å². The standard InChI is InChI=1S/C18H26N4O/c1-12(23)19-10-13-4-3-9-22(11-13)18-15-5-2-6-16(15)20-17(21-18)14-7-8-14/h13-14H,2-11H2,1H3,(H,19,23). The Morgan fingerprint density at radius 1 is 1.22 bits per heavy atom. The van der Waals surface area contributed by atoms with E-state index in [9.17, 15) is 4.79 Å². The Morgan fingerprint density at radius 3 is 2.87 bits per heavy atom. The van der Waals surface area contributed by atoms with Crippen LogP contribution in [0, 0.1) is 5.92 Å². The van der Waals surface area contributed by atoms with Crippen molar-refractivity contribution in [2.45, 2.75) is 57.8 Å². The van der Waals surface area contributed by atoms with Crippen molar-refractivity contribution >= 4 is 11.7 Å². The molecule has 5 nitrogen and oxygen atoms in total. The minimum Gasteiger partial charge on any atom is -0.356 e. The second kappa shape index (κ2) is 6.10. The van der Waals surface area contributed by atoms with Crippen molar-refractivity contribution in [2.24, 2.45) is 5.92 Å². The second-order valence-corrected chi connectivity index (χ2v) is 7.35. The number of aryl methyl sites for hydroxylation is 1. The van der Waals surface area contributed by atoms with Crippen LogP contribution >= 0.6 is 0 Å². The molecule has 1 unspecified atom stereocenters. The van der Waals surface area contributed by atoms with Gasteiger partial charge in [0, 0.05) is 43.7 Å². The molecule has 3 aliphatic rings. The van der Waals surface area contributed by atoms with E-state index in [1.54, 1.807) is 6.92 Å². The monoisotopic (exact) mass is 314 g/mol. The highest BCUT2D eigenvalue weighted by Crippen LogP contribution is 2.41. The van der Waals surface area contributed by atoms with Crippen molar-refractivity contribution in [1.29, 1.82) is 0 Å². The summed E-state index contributed by atoms with van der Waals surface area (Å²) in [6.45, 7) is 4.48. The number of piperidine rings is 1. The van der Waals surface area contributed by atoms with Crippen molar-refractivity contribution in [3.63, 3.8) is 0 Å². The van der Waals surface area contributed by atoms with Crippen LogP contribution in [0.1, 0.15) is 62.0 Å². The fourth-order valence-electron chi connectivity index (χ4n) is 3.93. The third-order valence-electron chi connectivity index (χ3n) is 5.33. The van der Waals surface area contributed by atoms with Crippen LogP contribution in [0.5, 0.6) is 0 Å². The Bertz CT molecular complexity index is 611. The molecular formula is C18H26N4O. The highest BCUT2D eigenvalue weighted by atomic mass is 16.1. The molecule has 1 N–H and O–H groups in total. The van der Waals surface area contributed by atoms with E-state index >= 15 is 0 Å². The fourth-order valence-corrected chi connectivity index (χ4v) is 3.93. The predicted octanol–water partition coefficient (Wildman–Crippen LogP) is 2.20. The number of nitrogens with one attached hydrogen (secondary N) is 1. The lowest BCUT2D eigenvalue weighted by molar-refractivity contribution is -0.119. The molecule has 1 aliphatic heterocycles. The number of aromatic nitrogens is 2. The molecule has 0 spiro atoms. The lowest BCUT2D eigenvalue weighted by atomic mass is 9.97. The lowest BCUT2D eigenvalue weighted by Crippen LogP contribution is -2.41. The third kappa shape index (κ3) is 3.19. The Hall–Kier alpha value is -1.65. The molecular weight excluding hydrogens is 288 g/mol. The molecule has 5 heteroatoms. The number of rotatable bonds is 4. The van der Waals surface area contributed by atoms with E-state index in [1.165, 1.54) is 49.2 Å².